The Morgan fingerprint density at radius 2 is 2.19 bits per heavy atom. The molecule has 1 aromatic heterocycles. The minimum absolute atomic E-state index is 0.248. The maximum absolute atomic E-state index is 9.67. The number of ether oxygens (including phenoxy) is 1. The molecular formula is C12H21NO2S. The summed E-state index contributed by atoms with van der Waals surface area (Å²) in [5.74, 6) is 0.540. The fraction of sp³-hybridized carbons (Fsp3) is 0.667. The van der Waals surface area contributed by atoms with Gasteiger partial charge >= 0.3 is 0 Å². The third-order valence-corrected chi connectivity index (χ3v) is 3.31. The molecule has 2 N–H and O–H groups in total. The molecule has 1 aromatic rings. The lowest BCUT2D eigenvalue weighted by molar-refractivity contribution is 0.146. The molecule has 0 radical (unpaired) electrons. The SMILES string of the molecule is COc1ccc(CNCC(O)CC(C)C)s1. The van der Waals surface area contributed by atoms with E-state index in [1.165, 1.54) is 4.88 Å². The Bertz CT molecular complexity index is 299. The number of aliphatic hydroxyl groups excluding tert-OH is 1. The van der Waals surface area contributed by atoms with E-state index in [2.05, 4.69) is 19.2 Å². The lowest BCUT2D eigenvalue weighted by atomic mass is 10.1. The van der Waals surface area contributed by atoms with E-state index in [0.29, 0.717) is 12.5 Å². The van der Waals surface area contributed by atoms with Crippen LogP contribution in [0.1, 0.15) is 25.1 Å². The van der Waals surface area contributed by atoms with Crippen molar-refractivity contribution in [2.24, 2.45) is 5.92 Å². The van der Waals surface area contributed by atoms with E-state index in [1.54, 1.807) is 18.4 Å². The zero-order chi connectivity index (χ0) is 12.0. The van der Waals surface area contributed by atoms with Gasteiger partial charge in [-0.1, -0.05) is 13.8 Å². The molecule has 0 bridgehead atoms. The topological polar surface area (TPSA) is 41.5 Å². The van der Waals surface area contributed by atoms with Crippen LogP contribution in [0.5, 0.6) is 5.06 Å². The van der Waals surface area contributed by atoms with E-state index >= 15 is 0 Å². The molecule has 0 fully saturated rings. The number of nitrogens with one attached hydrogen (secondary N) is 1. The van der Waals surface area contributed by atoms with Gasteiger partial charge in [0.05, 0.1) is 13.2 Å². The van der Waals surface area contributed by atoms with Gasteiger partial charge in [-0.15, -0.1) is 11.3 Å². The van der Waals surface area contributed by atoms with Gasteiger partial charge in [-0.05, 0) is 24.5 Å². The zero-order valence-corrected chi connectivity index (χ0v) is 11.0. The summed E-state index contributed by atoms with van der Waals surface area (Å²) in [5.41, 5.74) is 0. The van der Waals surface area contributed by atoms with Gasteiger partial charge in [0.25, 0.3) is 0 Å². The lowest BCUT2D eigenvalue weighted by Crippen LogP contribution is -2.27. The summed E-state index contributed by atoms with van der Waals surface area (Å²) >= 11 is 1.63. The average Bonchev–Trinajstić information content (AvgIpc) is 2.64. The van der Waals surface area contributed by atoms with Gasteiger partial charge in [-0.25, -0.2) is 0 Å². The Balaban J connectivity index is 2.19. The van der Waals surface area contributed by atoms with Crippen molar-refractivity contribution in [2.45, 2.75) is 32.9 Å². The molecule has 16 heavy (non-hydrogen) atoms. The second kappa shape index (κ2) is 6.89. The van der Waals surface area contributed by atoms with Gasteiger partial charge < -0.3 is 15.2 Å². The van der Waals surface area contributed by atoms with Crippen LogP contribution in [-0.2, 0) is 6.54 Å². The second-order valence-corrected chi connectivity index (χ2v) is 5.47. The maximum Gasteiger partial charge on any atom is 0.173 e. The number of methoxy groups -OCH3 is 1. The van der Waals surface area contributed by atoms with Crippen molar-refractivity contribution >= 4 is 11.3 Å². The van der Waals surface area contributed by atoms with Crippen molar-refractivity contribution < 1.29 is 9.84 Å². The van der Waals surface area contributed by atoms with Gasteiger partial charge in [-0.3, -0.25) is 0 Å². The van der Waals surface area contributed by atoms with E-state index in [1.807, 2.05) is 12.1 Å². The minimum atomic E-state index is -0.248. The monoisotopic (exact) mass is 243 g/mol. The van der Waals surface area contributed by atoms with E-state index in [0.717, 1.165) is 18.0 Å². The first-order valence-corrected chi connectivity index (χ1v) is 6.45. The van der Waals surface area contributed by atoms with Crippen LogP contribution in [0.25, 0.3) is 0 Å². The normalized spacial score (nSPS) is 13.1. The largest absolute Gasteiger partial charge is 0.487 e. The molecule has 0 aliphatic carbocycles. The van der Waals surface area contributed by atoms with Gasteiger partial charge in [0.1, 0.15) is 0 Å². The maximum atomic E-state index is 9.67. The summed E-state index contributed by atoms with van der Waals surface area (Å²) < 4.78 is 5.12. The third kappa shape index (κ3) is 4.96. The minimum Gasteiger partial charge on any atom is -0.487 e. The van der Waals surface area contributed by atoms with Crippen LogP contribution < -0.4 is 10.1 Å². The standard InChI is InChI=1S/C12H21NO2S/c1-9(2)6-10(14)7-13-8-11-4-5-12(15-3)16-11/h4-5,9-10,13-14H,6-8H2,1-3H3. The quantitative estimate of drug-likeness (QED) is 0.772. The average molecular weight is 243 g/mol. The lowest BCUT2D eigenvalue weighted by Gasteiger charge is -2.13. The zero-order valence-electron chi connectivity index (χ0n) is 10.2. The van der Waals surface area contributed by atoms with Crippen molar-refractivity contribution in [2.75, 3.05) is 13.7 Å². The van der Waals surface area contributed by atoms with Gasteiger partial charge in [0, 0.05) is 18.0 Å². The molecule has 0 aliphatic heterocycles. The van der Waals surface area contributed by atoms with E-state index in [-0.39, 0.29) is 6.10 Å². The third-order valence-electron chi connectivity index (χ3n) is 2.26. The van der Waals surface area contributed by atoms with Crippen molar-refractivity contribution in [1.82, 2.24) is 5.32 Å². The summed E-state index contributed by atoms with van der Waals surface area (Å²) in [6, 6.07) is 4.01. The molecule has 92 valence electrons. The highest BCUT2D eigenvalue weighted by molar-refractivity contribution is 7.13. The summed E-state index contributed by atoms with van der Waals surface area (Å²) in [6.45, 7) is 5.68. The van der Waals surface area contributed by atoms with Crippen LogP contribution in [0.15, 0.2) is 12.1 Å². The number of aliphatic hydroxyl groups is 1. The van der Waals surface area contributed by atoms with E-state index in [4.69, 9.17) is 4.74 Å². The van der Waals surface area contributed by atoms with Crippen molar-refractivity contribution in [3.63, 3.8) is 0 Å². The highest BCUT2D eigenvalue weighted by Crippen LogP contribution is 2.23. The Labute approximate surface area is 101 Å². The molecule has 3 nitrogen and oxygen atoms in total. The first kappa shape index (κ1) is 13.5. The molecule has 0 aromatic carbocycles. The van der Waals surface area contributed by atoms with Crippen LogP contribution in [0, 0.1) is 5.92 Å². The van der Waals surface area contributed by atoms with E-state index in [9.17, 15) is 5.11 Å². The highest BCUT2D eigenvalue weighted by atomic mass is 32.1. The molecule has 1 atom stereocenters. The van der Waals surface area contributed by atoms with Crippen LogP contribution in [0.2, 0.25) is 0 Å². The second-order valence-electron chi connectivity index (χ2n) is 4.34. The van der Waals surface area contributed by atoms with Gasteiger partial charge in [0.2, 0.25) is 0 Å². The molecular weight excluding hydrogens is 222 g/mol. The Kier molecular flexibility index (Phi) is 5.80. The smallest absolute Gasteiger partial charge is 0.173 e. The van der Waals surface area contributed by atoms with Gasteiger partial charge in [0.15, 0.2) is 5.06 Å². The Morgan fingerprint density at radius 1 is 1.44 bits per heavy atom. The molecule has 1 rings (SSSR count). The molecule has 0 saturated carbocycles. The van der Waals surface area contributed by atoms with Crippen LogP contribution >= 0.6 is 11.3 Å². The summed E-state index contributed by atoms with van der Waals surface area (Å²) in [4.78, 5) is 1.23. The predicted octanol–water partition coefficient (Wildman–Crippen LogP) is 2.25. The molecule has 0 amide bonds. The van der Waals surface area contributed by atoms with Gasteiger partial charge in [-0.2, -0.15) is 0 Å². The first-order valence-electron chi connectivity index (χ1n) is 5.63. The van der Waals surface area contributed by atoms with Crippen molar-refractivity contribution in [3.8, 4) is 5.06 Å². The summed E-state index contributed by atoms with van der Waals surface area (Å²) in [6.07, 6.45) is 0.600. The fourth-order valence-corrected chi connectivity index (χ4v) is 2.34. The molecule has 1 unspecified atom stereocenters. The molecule has 0 aliphatic rings. The highest BCUT2D eigenvalue weighted by Gasteiger charge is 2.06. The molecule has 0 saturated heterocycles. The number of hydrogen-bond donors (Lipinski definition) is 2. The van der Waals surface area contributed by atoms with Crippen molar-refractivity contribution in [3.05, 3.63) is 17.0 Å². The summed E-state index contributed by atoms with van der Waals surface area (Å²) in [5, 5.41) is 13.8. The fourth-order valence-electron chi connectivity index (χ4n) is 1.55. The predicted molar refractivity (Wildman–Crippen MR) is 68.0 cm³/mol. The van der Waals surface area contributed by atoms with Crippen LogP contribution in [0.4, 0.5) is 0 Å². The first-order chi connectivity index (χ1) is 7.61. The molecule has 4 heteroatoms. The Morgan fingerprint density at radius 3 is 2.75 bits per heavy atom. The Hall–Kier alpha value is -0.580. The molecule has 1 heterocycles. The molecule has 0 spiro atoms. The van der Waals surface area contributed by atoms with E-state index < -0.39 is 0 Å². The van der Waals surface area contributed by atoms with Crippen LogP contribution in [0.3, 0.4) is 0 Å². The summed E-state index contributed by atoms with van der Waals surface area (Å²) in [7, 11) is 1.68. The number of hydrogen-bond acceptors (Lipinski definition) is 4. The van der Waals surface area contributed by atoms with Crippen LogP contribution in [-0.4, -0.2) is 24.9 Å². The van der Waals surface area contributed by atoms with Crippen molar-refractivity contribution in [1.29, 1.82) is 0 Å². The number of rotatable bonds is 7. The number of thiophene rings is 1.